The van der Waals surface area contributed by atoms with Crippen molar-refractivity contribution in [2.75, 3.05) is 5.32 Å². The molecule has 0 aromatic carbocycles. The smallest absolute Gasteiger partial charge is 0.357 e. The average Bonchev–Trinajstić information content (AvgIpc) is 2.76. The molecule has 0 radical (unpaired) electrons. The molecule has 0 atom stereocenters. The first-order chi connectivity index (χ1) is 8.05. The van der Waals surface area contributed by atoms with Gasteiger partial charge >= 0.3 is 6.18 Å². The van der Waals surface area contributed by atoms with Gasteiger partial charge in [-0.2, -0.15) is 13.2 Å². The third-order valence-electron chi connectivity index (χ3n) is 1.99. The van der Waals surface area contributed by atoms with Gasteiger partial charge in [0.2, 0.25) is 0 Å². The predicted octanol–water partition coefficient (Wildman–Crippen LogP) is 3.17. The molecule has 0 fully saturated rings. The number of anilines is 1. The molecule has 1 N–H and O–H groups in total. The summed E-state index contributed by atoms with van der Waals surface area (Å²) < 4.78 is 36.8. The Labute approximate surface area is 99.3 Å². The predicted molar refractivity (Wildman–Crippen MR) is 58.7 cm³/mol. The van der Waals surface area contributed by atoms with Crippen LogP contribution in [0, 0.1) is 0 Å². The number of rotatable bonds is 3. The number of hydrogen-bond donors (Lipinski definition) is 1. The van der Waals surface area contributed by atoms with Crippen LogP contribution in [0.15, 0.2) is 29.9 Å². The van der Waals surface area contributed by atoms with E-state index in [9.17, 15) is 13.2 Å². The van der Waals surface area contributed by atoms with Gasteiger partial charge in [-0.3, -0.25) is 4.98 Å². The molecule has 2 rings (SSSR count). The molecule has 0 unspecified atom stereocenters. The SMILES string of the molecule is FC(F)(F)c1csc(NCc2ccncc2)n1. The molecule has 0 aliphatic heterocycles. The first-order valence-corrected chi connectivity index (χ1v) is 5.59. The molecule has 90 valence electrons. The van der Waals surface area contributed by atoms with Gasteiger partial charge in [-0.1, -0.05) is 0 Å². The number of pyridine rings is 1. The highest BCUT2D eigenvalue weighted by atomic mass is 32.1. The van der Waals surface area contributed by atoms with E-state index in [0.717, 1.165) is 22.3 Å². The van der Waals surface area contributed by atoms with Crippen LogP contribution in [0.2, 0.25) is 0 Å². The minimum atomic E-state index is -4.38. The van der Waals surface area contributed by atoms with E-state index in [-0.39, 0.29) is 5.13 Å². The summed E-state index contributed by atoms with van der Waals surface area (Å²) in [5.41, 5.74) is 0.0727. The number of halogens is 3. The molecular weight excluding hydrogens is 251 g/mol. The third-order valence-corrected chi connectivity index (χ3v) is 2.79. The standard InChI is InChI=1S/C10H8F3N3S/c11-10(12,13)8-6-17-9(16-8)15-5-7-1-3-14-4-2-7/h1-4,6H,5H2,(H,15,16). The Morgan fingerprint density at radius 3 is 2.53 bits per heavy atom. The van der Waals surface area contributed by atoms with Crippen LogP contribution in [-0.2, 0) is 12.7 Å². The van der Waals surface area contributed by atoms with Crippen LogP contribution in [0.5, 0.6) is 0 Å². The first kappa shape index (κ1) is 11.8. The molecular formula is C10H8F3N3S. The minimum absolute atomic E-state index is 0.258. The second-order valence-corrected chi connectivity index (χ2v) is 4.10. The lowest BCUT2D eigenvalue weighted by Gasteiger charge is -2.02. The number of nitrogens with one attached hydrogen (secondary N) is 1. The fourth-order valence-electron chi connectivity index (χ4n) is 1.16. The highest BCUT2D eigenvalue weighted by Crippen LogP contribution is 2.31. The van der Waals surface area contributed by atoms with Crippen LogP contribution in [0.4, 0.5) is 18.3 Å². The van der Waals surface area contributed by atoms with E-state index in [0.29, 0.717) is 6.54 Å². The Morgan fingerprint density at radius 2 is 1.94 bits per heavy atom. The van der Waals surface area contributed by atoms with Crippen LogP contribution >= 0.6 is 11.3 Å². The zero-order chi connectivity index (χ0) is 12.3. The molecule has 3 nitrogen and oxygen atoms in total. The maximum absolute atomic E-state index is 12.3. The van der Waals surface area contributed by atoms with Gasteiger partial charge in [0.25, 0.3) is 0 Å². The first-order valence-electron chi connectivity index (χ1n) is 4.71. The summed E-state index contributed by atoms with van der Waals surface area (Å²) >= 11 is 0.938. The van der Waals surface area contributed by atoms with Gasteiger partial charge in [0.05, 0.1) is 0 Å². The van der Waals surface area contributed by atoms with E-state index in [4.69, 9.17) is 0 Å². The van der Waals surface area contributed by atoms with Gasteiger partial charge in [0.1, 0.15) is 0 Å². The van der Waals surface area contributed by atoms with E-state index >= 15 is 0 Å². The van der Waals surface area contributed by atoms with E-state index in [1.807, 2.05) is 0 Å². The van der Waals surface area contributed by atoms with E-state index < -0.39 is 11.9 Å². The van der Waals surface area contributed by atoms with E-state index in [1.54, 1.807) is 24.5 Å². The van der Waals surface area contributed by atoms with Crippen molar-refractivity contribution in [3.05, 3.63) is 41.2 Å². The third kappa shape index (κ3) is 3.16. The Balaban J connectivity index is 1.99. The molecule has 17 heavy (non-hydrogen) atoms. The van der Waals surface area contributed by atoms with Crippen LogP contribution in [-0.4, -0.2) is 9.97 Å². The van der Waals surface area contributed by atoms with Crippen molar-refractivity contribution in [3.8, 4) is 0 Å². The zero-order valence-electron chi connectivity index (χ0n) is 8.53. The van der Waals surface area contributed by atoms with Crippen molar-refractivity contribution in [3.63, 3.8) is 0 Å². The highest BCUT2D eigenvalue weighted by molar-refractivity contribution is 7.13. The second kappa shape index (κ2) is 4.70. The van der Waals surface area contributed by atoms with E-state index in [2.05, 4.69) is 15.3 Å². The summed E-state index contributed by atoms with van der Waals surface area (Å²) in [5, 5.41) is 4.09. The van der Waals surface area contributed by atoms with Crippen molar-refractivity contribution in [2.45, 2.75) is 12.7 Å². The Hall–Kier alpha value is -1.63. The summed E-state index contributed by atoms with van der Waals surface area (Å²) in [5.74, 6) is 0. The number of alkyl halides is 3. The van der Waals surface area contributed by atoms with Crippen LogP contribution < -0.4 is 5.32 Å². The van der Waals surface area contributed by atoms with Gasteiger partial charge < -0.3 is 5.32 Å². The largest absolute Gasteiger partial charge is 0.434 e. The summed E-state index contributed by atoms with van der Waals surface area (Å²) in [6.45, 7) is 0.424. The molecule has 2 heterocycles. The molecule has 7 heteroatoms. The van der Waals surface area contributed by atoms with Crippen molar-refractivity contribution in [1.82, 2.24) is 9.97 Å². The van der Waals surface area contributed by atoms with Crippen LogP contribution in [0.25, 0.3) is 0 Å². The molecule has 0 aliphatic rings. The van der Waals surface area contributed by atoms with Crippen LogP contribution in [0.3, 0.4) is 0 Å². The molecule has 0 amide bonds. The quantitative estimate of drug-likeness (QED) is 0.920. The Bertz CT molecular complexity index is 481. The lowest BCUT2D eigenvalue weighted by molar-refractivity contribution is -0.140. The van der Waals surface area contributed by atoms with Gasteiger partial charge in [0.15, 0.2) is 10.8 Å². The molecule has 0 spiro atoms. The van der Waals surface area contributed by atoms with Gasteiger partial charge in [-0.25, -0.2) is 4.98 Å². The highest BCUT2D eigenvalue weighted by Gasteiger charge is 2.33. The fraction of sp³-hybridized carbons (Fsp3) is 0.200. The summed E-state index contributed by atoms with van der Waals surface area (Å²) in [7, 11) is 0. The summed E-state index contributed by atoms with van der Waals surface area (Å²) in [6.07, 6.45) is -1.13. The summed E-state index contributed by atoms with van der Waals surface area (Å²) in [4.78, 5) is 7.31. The van der Waals surface area contributed by atoms with Gasteiger partial charge in [-0.15, -0.1) is 11.3 Å². The molecule has 0 saturated carbocycles. The number of hydrogen-bond acceptors (Lipinski definition) is 4. The molecule has 0 saturated heterocycles. The molecule has 0 aliphatic carbocycles. The van der Waals surface area contributed by atoms with Crippen molar-refractivity contribution in [2.24, 2.45) is 0 Å². The lowest BCUT2D eigenvalue weighted by atomic mass is 10.3. The lowest BCUT2D eigenvalue weighted by Crippen LogP contribution is -2.06. The van der Waals surface area contributed by atoms with Crippen molar-refractivity contribution in [1.29, 1.82) is 0 Å². The monoisotopic (exact) mass is 259 g/mol. The number of aromatic nitrogens is 2. The Morgan fingerprint density at radius 1 is 1.24 bits per heavy atom. The number of thiazole rings is 1. The van der Waals surface area contributed by atoms with Crippen molar-refractivity contribution >= 4 is 16.5 Å². The summed E-state index contributed by atoms with van der Waals surface area (Å²) in [6, 6.07) is 3.57. The van der Waals surface area contributed by atoms with Crippen LogP contribution in [0.1, 0.15) is 11.3 Å². The van der Waals surface area contributed by atoms with E-state index in [1.165, 1.54) is 0 Å². The maximum Gasteiger partial charge on any atom is 0.434 e. The van der Waals surface area contributed by atoms with Gasteiger partial charge in [-0.05, 0) is 17.7 Å². The molecule has 2 aromatic rings. The fourth-order valence-corrected chi connectivity index (χ4v) is 1.88. The molecule has 0 bridgehead atoms. The average molecular weight is 259 g/mol. The second-order valence-electron chi connectivity index (χ2n) is 3.24. The van der Waals surface area contributed by atoms with Crippen molar-refractivity contribution < 1.29 is 13.2 Å². The number of nitrogens with zero attached hydrogens (tertiary/aromatic N) is 2. The maximum atomic E-state index is 12.3. The molecule has 2 aromatic heterocycles. The zero-order valence-corrected chi connectivity index (χ0v) is 9.35. The van der Waals surface area contributed by atoms with Gasteiger partial charge in [0, 0.05) is 24.3 Å². The normalized spacial score (nSPS) is 11.5. The Kier molecular flexibility index (Phi) is 3.28. The minimum Gasteiger partial charge on any atom is -0.357 e. The topological polar surface area (TPSA) is 37.8 Å².